The van der Waals surface area contributed by atoms with E-state index in [0.29, 0.717) is 49.2 Å². The predicted octanol–water partition coefficient (Wildman–Crippen LogP) is 5.20. The maximum atomic E-state index is 13.1. The van der Waals surface area contributed by atoms with Crippen LogP contribution in [0.5, 0.6) is 5.75 Å². The van der Waals surface area contributed by atoms with E-state index in [2.05, 4.69) is 11.0 Å². The van der Waals surface area contributed by atoms with Gasteiger partial charge in [0.05, 0.1) is 35.8 Å². The normalized spacial score (nSPS) is 15.9. The van der Waals surface area contributed by atoms with Crippen LogP contribution in [0.15, 0.2) is 59.5 Å². The monoisotopic (exact) mass is 565 g/mol. The molecule has 2 aromatic carbocycles. The Morgan fingerprint density at radius 3 is 2.42 bits per heavy atom. The van der Waals surface area contributed by atoms with E-state index in [9.17, 15) is 8.42 Å². The first-order valence-electron chi connectivity index (χ1n) is 11.2. The van der Waals surface area contributed by atoms with Gasteiger partial charge in [-0.3, -0.25) is 4.90 Å². The molecular formula is C25H25Cl2N3O4S2. The number of rotatable bonds is 9. The van der Waals surface area contributed by atoms with E-state index in [0.717, 1.165) is 28.2 Å². The number of halogens is 2. The van der Waals surface area contributed by atoms with Crippen LogP contribution >= 0.6 is 34.5 Å². The SMILES string of the molecule is COc1cccc([C@H](CN2CCN(S(=O)(=O)c3cc(Cl)sc3Cl)CC2)OCc2ccc(C#N)cc2)c1. The largest absolute Gasteiger partial charge is 0.497 e. The third-order valence-electron chi connectivity index (χ3n) is 6.00. The third-order valence-corrected chi connectivity index (χ3v) is 9.65. The highest BCUT2D eigenvalue weighted by Crippen LogP contribution is 2.36. The second-order valence-electron chi connectivity index (χ2n) is 8.28. The lowest BCUT2D eigenvalue weighted by Gasteiger charge is -2.35. The summed E-state index contributed by atoms with van der Waals surface area (Å²) in [6, 6.07) is 18.6. The summed E-state index contributed by atoms with van der Waals surface area (Å²) in [4.78, 5) is 2.25. The fourth-order valence-corrected chi connectivity index (χ4v) is 7.53. The van der Waals surface area contributed by atoms with Crippen LogP contribution in [0.4, 0.5) is 0 Å². The van der Waals surface area contributed by atoms with Gasteiger partial charge in [-0.1, -0.05) is 47.5 Å². The first-order valence-corrected chi connectivity index (χ1v) is 14.2. The van der Waals surface area contributed by atoms with Crippen LogP contribution in [0.25, 0.3) is 0 Å². The van der Waals surface area contributed by atoms with Gasteiger partial charge in [0.1, 0.15) is 15.0 Å². The van der Waals surface area contributed by atoms with Gasteiger partial charge in [-0.25, -0.2) is 8.42 Å². The molecule has 0 bridgehead atoms. The maximum Gasteiger partial charge on any atom is 0.245 e. The van der Waals surface area contributed by atoms with E-state index in [4.69, 9.17) is 37.9 Å². The van der Waals surface area contributed by atoms with Crippen molar-refractivity contribution in [3.63, 3.8) is 0 Å². The summed E-state index contributed by atoms with van der Waals surface area (Å²) in [5, 5.41) is 9.02. The summed E-state index contributed by atoms with van der Waals surface area (Å²) in [6.45, 7) is 2.74. The smallest absolute Gasteiger partial charge is 0.245 e. The van der Waals surface area contributed by atoms with Crippen LogP contribution in [-0.2, 0) is 21.4 Å². The molecule has 0 saturated carbocycles. The van der Waals surface area contributed by atoms with Gasteiger partial charge in [0.25, 0.3) is 0 Å². The molecule has 0 aliphatic carbocycles. The van der Waals surface area contributed by atoms with Crippen LogP contribution in [0.3, 0.4) is 0 Å². The van der Waals surface area contributed by atoms with Crippen molar-refractivity contribution in [2.75, 3.05) is 39.8 Å². The van der Waals surface area contributed by atoms with Gasteiger partial charge in [0.15, 0.2) is 0 Å². The first-order chi connectivity index (χ1) is 17.3. The molecule has 7 nitrogen and oxygen atoms in total. The fraction of sp³-hybridized carbons (Fsp3) is 0.320. The average Bonchev–Trinajstić information content (AvgIpc) is 3.25. The summed E-state index contributed by atoms with van der Waals surface area (Å²) < 4.78 is 39.8. The number of nitriles is 1. The molecule has 0 spiro atoms. The Bertz CT molecular complexity index is 1330. The molecule has 1 aromatic heterocycles. The molecule has 0 N–H and O–H groups in total. The van der Waals surface area contributed by atoms with Gasteiger partial charge in [-0.05, 0) is 41.5 Å². The molecule has 1 aliphatic heterocycles. The van der Waals surface area contributed by atoms with Crippen molar-refractivity contribution < 1.29 is 17.9 Å². The minimum atomic E-state index is -3.71. The highest BCUT2D eigenvalue weighted by atomic mass is 35.5. The minimum Gasteiger partial charge on any atom is -0.497 e. The van der Waals surface area contributed by atoms with Gasteiger partial charge in [-0.2, -0.15) is 9.57 Å². The molecule has 1 fully saturated rings. The number of hydrogen-bond acceptors (Lipinski definition) is 7. The van der Waals surface area contributed by atoms with E-state index in [1.54, 1.807) is 19.2 Å². The number of nitrogens with zero attached hydrogens (tertiary/aromatic N) is 3. The molecule has 4 rings (SSSR count). The molecule has 2 heterocycles. The third kappa shape index (κ3) is 6.39. The number of piperazine rings is 1. The van der Waals surface area contributed by atoms with Crippen molar-refractivity contribution in [1.82, 2.24) is 9.21 Å². The van der Waals surface area contributed by atoms with Gasteiger partial charge in [0.2, 0.25) is 10.0 Å². The van der Waals surface area contributed by atoms with Crippen LogP contribution < -0.4 is 4.74 Å². The Kier molecular flexibility index (Phi) is 8.91. The van der Waals surface area contributed by atoms with Crippen LogP contribution in [0.1, 0.15) is 22.8 Å². The molecule has 11 heteroatoms. The number of benzene rings is 2. The topological polar surface area (TPSA) is 82.9 Å². The van der Waals surface area contributed by atoms with Crippen molar-refractivity contribution in [2.45, 2.75) is 17.6 Å². The van der Waals surface area contributed by atoms with Gasteiger partial charge >= 0.3 is 0 Å². The Hall–Kier alpha value is -2.16. The molecule has 3 aromatic rings. The fourth-order valence-electron chi connectivity index (χ4n) is 4.00. The molecule has 0 unspecified atom stereocenters. The molecule has 0 amide bonds. The molecule has 1 saturated heterocycles. The Morgan fingerprint density at radius 1 is 1.08 bits per heavy atom. The molecule has 190 valence electrons. The lowest BCUT2D eigenvalue weighted by atomic mass is 10.1. The lowest BCUT2D eigenvalue weighted by Crippen LogP contribution is -2.49. The maximum absolute atomic E-state index is 13.1. The number of thiophene rings is 1. The first kappa shape index (κ1) is 26.9. The second kappa shape index (κ2) is 11.9. The van der Waals surface area contributed by atoms with Gasteiger partial charge in [0, 0.05) is 32.7 Å². The molecular weight excluding hydrogens is 541 g/mol. The zero-order valence-electron chi connectivity index (χ0n) is 19.6. The molecule has 1 aliphatic rings. The highest BCUT2D eigenvalue weighted by molar-refractivity contribution is 7.89. The molecule has 0 radical (unpaired) electrons. The Labute approximate surface area is 225 Å². The summed E-state index contributed by atoms with van der Waals surface area (Å²) >= 11 is 13.1. The van der Waals surface area contributed by atoms with Crippen molar-refractivity contribution in [1.29, 1.82) is 5.26 Å². The number of ether oxygens (including phenoxy) is 2. The van der Waals surface area contributed by atoms with Crippen molar-refractivity contribution in [3.05, 3.63) is 80.0 Å². The van der Waals surface area contributed by atoms with Crippen molar-refractivity contribution >= 4 is 44.6 Å². The van der Waals surface area contributed by atoms with Crippen LogP contribution in [0, 0.1) is 11.3 Å². The molecule has 1 atom stereocenters. The number of sulfonamides is 1. The predicted molar refractivity (Wildman–Crippen MR) is 141 cm³/mol. The Morgan fingerprint density at radius 2 is 1.81 bits per heavy atom. The van der Waals surface area contributed by atoms with E-state index in [1.807, 2.05) is 36.4 Å². The van der Waals surface area contributed by atoms with E-state index in [-0.39, 0.29) is 15.3 Å². The number of hydrogen-bond donors (Lipinski definition) is 0. The van der Waals surface area contributed by atoms with Gasteiger partial charge in [-0.15, -0.1) is 11.3 Å². The Balaban J connectivity index is 1.44. The van der Waals surface area contributed by atoms with Crippen molar-refractivity contribution in [3.8, 4) is 11.8 Å². The molecule has 36 heavy (non-hydrogen) atoms. The quantitative estimate of drug-likeness (QED) is 0.354. The standard InChI is InChI=1S/C25H25Cl2N3O4S2/c1-33-21-4-2-3-20(13-21)22(34-17-19-7-5-18(15-28)6-8-19)16-29-9-11-30(12-10-29)36(31,32)23-14-24(26)35-25(23)27/h2-8,13-14,22H,9-12,16-17H2,1H3/t22-/m0/s1. The van der Waals surface area contributed by atoms with E-state index in [1.165, 1.54) is 10.4 Å². The summed E-state index contributed by atoms with van der Waals surface area (Å²) in [6.07, 6.45) is -0.260. The lowest BCUT2D eigenvalue weighted by molar-refractivity contribution is 0.00763. The van der Waals surface area contributed by atoms with Crippen LogP contribution in [-0.4, -0.2) is 57.5 Å². The van der Waals surface area contributed by atoms with Crippen molar-refractivity contribution in [2.24, 2.45) is 0 Å². The van der Waals surface area contributed by atoms with E-state index < -0.39 is 10.0 Å². The minimum absolute atomic E-state index is 0.0626. The number of methoxy groups -OCH3 is 1. The zero-order chi connectivity index (χ0) is 25.7. The summed E-state index contributed by atoms with van der Waals surface area (Å²) in [5.41, 5.74) is 2.53. The second-order valence-corrected chi connectivity index (χ2v) is 12.5. The van der Waals surface area contributed by atoms with Gasteiger partial charge < -0.3 is 9.47 Å². The zero-order valence-corrected chi connectivity index (χ0v) is 22.7. The summed E-state index contributed by atoms with van der Waals surface area (Å²) in [5.74, 6) is 0.738. The summed E-state index contributed by atoms with van der Waals surface area (Å²) in [7, 11) is -2.08. The highest BCUT2D eigenvalue weighted by Gasteiger charge is 2.32. The van der Waals surface area contributed by atoms with Crippen LogP contribution in [0.2, 0.25) is 8.67 Å². The average molecular weight is 567 g/mol. The van der Waals surface area contributed by atoms with E-state index >= 15 is 0 Å².